The minimum Gasteiger partial charge on any atom is -0.478 e. The zero-order valence-electron chi connectivity index (χ0n) is 9.42. The summed E-state index contributed by atoms with van der Waals surface area (Å²) < 4.78 is 7.45. The van der Waals surface area contributed by atoms with Crippen LogP contribution in [0.2, 0.25) is 0 Å². The first-order valence-corrected chi connectivity index (χ1v) is 5.00. The number of aromatic nitrogens is 2. The van der Waals surface area contributed by atoms with E-state index in [2.05, 4.69) is 17.3 Å². The molecule has 0 aliphatic carbocycles. The van der Waals surface area contributed by atoms with Crippen molar-refractivity contribution in [1.29, 1.82) is 0 Å². The molecule has 0 aromatic carbocycles. The van der Waals surface area contributed by atoms with Crippen molar-refractivity contribution in [3.05, 3.63) is 11.3 Å². The van der Waals surface area contributed by atoms with Gasteiger partial charge in [0, 0.05) is 13.6 Å². The van der Waals surface area contributed by atoms with E-state index < -0.39 is 0 Å². The number of hydrogen-bond acceptors (Lipinski definition) is 3. The fourth-order valence-corrected chi connectivity index (χ4v) is 1.44. The van der Waals surface area contributed by atoms with Crippen LogP contribution in [-0.2, 0) is 13.6 Å². The summed E-state index contributed by atoms with van der Waals surface area (Å²) in [7, 11) is 3.84. The molecule has 0 saturated carbocycles. The quantitative estimate of drug-likeness (QED) is 0.772. The molecule has 1 N–H and O–H groups in total. The molecule has 0 amide bonds. The maximum atomic E-state index is 5.65. The fourth-order valence-electron chi connectivity index (χ4n) is 1.44. The largest absolute Gasteiger partial charge is 0.478 e. The summed E-state index contributed by atoms with van der Waals surface area (Å²) in [6, 6.07) is 0. The van der Waals surface area contributed by atoms with E-state index in [0.717, 1.165) is 36.7 Å². The highest BCUT2D eigenvalue weighted by atomic mass is 16.5. The Bertz CT molecular complexity index is 294. The van der Waals surface area contributed by atoms with Crippen LogP contribution in [0, 0.1) is 6.92 Å². The van der Waals surface area contributed by atoms with Crippen LogP contribution >= 0.6 is 0 Å². The number of aryl methyl sites for hydroxylation is 2. The monoisotopic (exact) mass is 197 g/mol. The van der Waals surface area contributed by atoms with Crippen molar-refractivity contribution in [1.82, 2.24) is 15.1 Å². The van der Waals surface area contributed by atoms with Gasteiger partial charge < -0.3 is 10.1 Å². The van der Waals surface area contributed by atoms with Gasteiger partial charge in [-0.05, 0) is 20.4 Å². The van der Waals surface area contributed by atoms with E-state index in [9.17, 15) is 0 Å². The van der Waals surface area contributed by atoms with Crippen molar-refractivity contribution in [3.63, 3.8) is 0 Å². The lowest BCUT2D eigenvalue weighted by atomic mass is 10.2. The van der Waals surface area contributed by atoms with Crippen LogP contribution in [0.5, 0.6) is 5.88 Å². The van der Waals surface area contributed by atoms with E-state index >= 15 is 0 Å². The summed E-state index contributed by atoms with van der Waals surface area (Å²) in [4.78, 5) is 0. The topological polar surface area (TPSA) is 39.1 Å². The first kappa shape index (κ1) is 11.0. The predicted octanol–water partition coefficient (Wildman–Crippen LogP) is 1.24. The second-order valence-electron chi connectivity index (χ2n) is 3.37. The van der Waals surface area contributed by atoms with Gasteiger partial charge in [-0.2, -0.15) is 5.10 Å². The third-order valence-corrected chi connectivity index (χ3v) is 2.09. The Hall–Kier alpha value is -1.03. The normalized spacial score (nSPS) is 10.6. The van der Waals surface area contributed by atoms with Crippen molar-refractivity contribution < 1.29 is 4.74 Å². The first-order valence-electron chi connectivity index (χ1n) is 5.00. The fraction of sp³-hybridized carbons (Fsp3) is 0.700. The van der Waals surface area contributed by atoms with E-state index in [1.807, 2.05) is 21.0 Å². The summed E-state index contributed by atoms with van der Waals surface area (Å²) in [5.41, 5.74) is 2.19. The SMILES string of the molecule is CCCOc1c(CNC)c(C)nn1C. The maximum absolute atomic E-state index is 5.65. The number of hydrogen-bond donors (Lipinski definition) is 1. The molecule has 0 bridgehead atoms. The van der Waals surface area contributed by atoms with Gasteiger partial charge in [0.1, 0.15) is 0 Å². The summed E-state index contributed by atoms with van der Waals surface area (Å²) in [6.07, 6.45) is 1.02. The van der Waals surface area contributed by atoms with Crippen molar-refractivity contribution >= 4 is 0 Å². The zero-order chi connectivity index (χ0) is 10.6. The highest BCUT2D eigenvalue weighted by Gasteiger charge is 2.12. The van der Waals surface area contributed by atoms with Crippen molar-refractivity contribution in [2.24, 2.45) is 7.05 Å². The second kappa shape index (κ2) is 5.00. The van der Waals surface area contributed by atoms with E-state index in [-0.39, 0.29) is 0 Å². The number of ether oxygens (including phenoxy) is 1. The van der Waals surface area contributed by atoms with Crippen molar-refractivity contribution in [3.8, 4) is 5.88 Å². The van der Waals surface area contributed by atoms with Gasteiger partial charge in [0.15, 0.2) is 0 Å². The summed E-state index contributed by atoms with van der Waals surface area (Å²) in [5, 5.41) is 7.46. The molecule has 0 atom stereocenters. The highest BCUT2D eigenvalue weighted by Crippen LogP contribution is 2.20. The van der Waals surface area contributed by atoms with E-state index in [4.69, 9.17) is 4.74 Å². The lowest BCUT2D eigenvalue weighted by Crippen LogP contribution is -2.09. The number of nitrogens with one attached hydrogen (secondary N) is 1. The Morgan fingerprint density at radius 3 is 2.79 bits per heavy atom. The molecule has 1 aromatic heterocycles. The van der Waals surface area contributed by atoms with Crippen LogP contribution in [0.1, 0.15) is 24.6 Å². The molecule has 0 aliphatic heterocycles. The Morgan fingerprint density at radius 2 is 2.21 bits per heavy atom. The molecule has 0 fully saturated rings. The molecule has 0 spiro atoms. The van der Waals surface area contributed by atoms with Gasteiger partial charge in [-0.1, -0.05) is 6.92 Å². The van der Waals surface area contributed by atoms with Crippen LogP contribution in [0.25, 0.3) is 0 Å². The smallest absolute Gasteiger partial charge is 0.216 e. The molecular weight excluding hydrogens is 178 g/mol. The molecule has 0 unspecified atom stereocenters. The summed E-state index contributed by atoms with van der Waals surface area (Å²) >= 11 is 0. The molecule has 1 aromatic rings. The lowest BCUT2D eigenvalue weighted by Gasteiger charge is -2.07. The van der Waals surface area contributed by atoms with Crippen LogP contribution in [0.15, 0.2) is 0 Å². The van der Waals surface area contributed by atoms with Gasteiger partial charge >= 0.3 is 0 Å². The minimum absolute atomic E-state index is 0.746. The van der Waals surface area contributed by atoms with Crippen molar-refractivity contribution in [2.75, 3.05) is 13.7 Å². The molecule has 0 radical (unpaired) electrons. The van der Waals surface area contributed by atoms with E-state index in [1.165, 1.54) is 0 Å². The Labute approximate surface area is 85.3 Å². The van der Waals surface area contributed by atoms with Crippen LogP contribution in [0.4, 0.5) is 0 Å². The Morgan fingerprint density at radius 1 is 1.50 bits per heavy atom. The molecule has 4 heteroatoms. The number of nitrogens with zero attached hydrogens (tertiary/aromatic N) is 2. The standard InChI is InChI=1S/C10H19N3O/c1-5-6-14-10-9(7-11-3)8(2)12-13(10)4/h11H,5-7H2,1-4H3. The molecule has 0 saturated heterocycles. The van der Waals surface area contributed by atoms with Gasteiger partial charge in [-0.25, -0.2) is 4.68 Å². The van der Waals surface area contributed by atoms with Crippen molar-refractivity contribution in [2.45, 2.75) is 26.8 Å². The second-order valence-corrected chi connectivity index (χ2v) is 3.37. The summed E-state index contributed by atoms with van der Waals surface area (Å²) in [5.74, 6) is 0.888. The molecule has 1 rings (SSSR count). The average molecular weight is 197 g/mol. The van der Waals surface area contributed by atoms with Gasteiger partial charge in [0.25, 0.3) is 0 Å². The van der Waals surface area contributed by atoms with Gasteiger partial charge in [0.05, 0.1) is 17.9 Å². The summed E-state index contributed by atoms with van der Waals surface area (Å²) in [6.45, 7) is 5.65. The third kappa shape index (κ3) is 2.26. The third-order valence-electron chi connectivity index (χ3n) is 2.09. The zero-order valence-corrected chi connectivity index (χ0v) is 9.42. The predicted molar refractivity (Wildman–Crippen MR) is 56.5 cm³/mol. The number of rotatable bonds is 5. The molecule has 14 heavy (non-hydrogen) atoms. The van der Waals surface area contributed by atoms with E-state index in [0.29, 0.717) is 0 Å². The first-order chi connectivity index (χ1) is 6.70. The Balaban J connectivity index is 2.86. The maximum Gasteiger partial charge on any atom is 0.216 e. The minimum atomic E-state index is 0.746. The van der Waals surface area contributed by atoms with Gasteiger partial charge in [-0.3, -0.25) is 0 Å². The molecule has 0 aliphatic rings. The molecule has 4 nitrogen and oxygen atoms in total. The lowest BCUT2D eigenvalue weighted by molar-refractivity contribution is 0.286. The van der Waals surface area contributed by atoms with E-state index in [1.54, 1.807) is 4.68 Å². The molecule has 1 heterocycles. The van der Waals surface area contributed by atoms with Crippen LogP contribution < -0.4 is 10.1 Å². The van der Waals surface area contributed by atoms with Crippen LogP contribution in [0.3, 0.4) is 0 Å². The Kier molecular flexibility index (Phi) is 3.95. The molecule has 80 valence electrons. The van der Waals surface area contributed by atoms with Crippen LogP contribution in [-0.4, -0.2) is 23.4 Å². The average Bonchev–Trinajstić information content (AvgIpc) is 2.40. The van der Waals surface area contributed by atoms with Gasteiger partial charge in [-0.15, -0.1) is 0 Å². The van der Waals surface area contributed by atoms with Gasteiger partial charge in [0.2, 0.25) is 5.88 Å². The molecular formula is C10H19N3O. The highest BCUT2D eigenvalue weighted by molar-refractivity contribution is 5.30.